The minimum absolute atomic E-state index is 1.46. The standard InChI is InChI=1S/C14H13Ge/c1-2-15(13-9-5-3-6-10-13)14-11-7-4-8-12-14/h2-12H,1H2. The van der Waals surface area contributed by atoms with E-state index in [9.17, 15) is 0 Å². The normalized spacial score (nSPS) is 10.2. The minimum atomic E-state index is -1.46. The van der Waals surface area contributed by atoms with Crippen LogP contribution in [0.3, 0.4) is 0 Å². The molecule has 0 saturated heterocycles. The van der Waals surface area contributed by atoms with Crippen molar-refractivity contribution in [2.75, 3.05) is 0 Å². The van der Waals surface area contributed by atoms with Gasteiger partial charge in [0.1, 0.15) is 0 Å². The van der Waals surface area contributed by atoms with Gasteiger partial charge in [0.15, 0.2) is 0 Å². The molecule has 73 valence electrons. The van der Waals surface area contributed by atoms with Crippen LogP contribution >= 0.6 is 0 Å². The Kier molecular flexibility index (Phi) is 3.41. The molecule has 0 aliphatic carbocycles. The Hall–Kier alpha value is -1.28. The Balaban J connectivity index is 2.38. The fourth-order valence-electron chi connectivity index (χ4n) is 1.64. The van der Waals surface area contributed by atoms with Crippen LogP contribution in [0.15, 0.2) is 72.2 Å². The van der Waals surface area contributed by atoms with E-state index in [2.05, 4.69) is 72.2 Å². The summed E-state index contributed by atoms with van der Waals surface area (Å²) in [5.41, 5.74) is 0. The summed E-state index contributed by atoms with van der Waals surface area (Å²) in [6, 6.07) is 21.4. The molecule has 1 radical (unpaired) electrons. The van der Waals surface area contributed by atoms with Crippen molar-refractivity contribution in [3.8, 4) is 0 Å². The molecule has 15 heavy (non-hydrogen) atoms. The summed E-state index contributed by atoms with van der Waals surface area (Å²) in [4.78, 5) is 2.16. The van der Waals surface area contributed by atoms with Gasteiger partial charge in [-0.25, -0.2) is 0 Å². The zero-order chi connectivity index (χ0) is 10.5. The molecule has 0 fully saturated rings. The average Bonchev–Trinajstić information content (AvgIpc) is 2.33. The summed E-state index contributed by atoms with van der Waals surface area (Å²) >= 11 is -1.46. The summed E-state index contributed by atoms with van der Waals surface area (Å²) in [5, 5.41) is 0. The number of hydrogen-bond donors (Lipinski definition) is 0. The Labute approximate surface area is 95.4 Å². The van der Waals surface area contributed by atoms with Crippen LogP contribution in [-0.4, -0.2) is 14.3 Å². The first-order valence-electron chi connectivity index (χ1n) is 5.02. The van der Waals surface area contributed by atoms with Crippen molar-refractivity contribution in [1.82, 2.24) is 0 Å². The second-order valence-corrected chi connectivity index (χ2v) is 8.36. The molecule has 0 bridgehead atoms. The van der Waals surface area contributed by atoms with E-state index >= 15 is 0 Å². The van der Waals surface area contributed by atoms with Gasteiger partial charge in [-0.05, 0) is 0 Å². The molecule has 0 aliphatic heterocycles. The molecule has 0 aromatic heterocycles. The third kappa shape index (κ3) is 2.39. The van der Waals surface area contributed by atoms with Gasteiger partial charge in [-0.2, -0.15) is 0 Å². The molecule has 0 unspecified atom stereocenters. The summed E-state index contributed by atoms with van der Waals surface area (Å²) in [7, 11) is 0. The van der Waals surface area contributed by atoms with Crippen LogP contribution in [-0.2, 0) is 0 Å². The fourth-order valence-corrected chi connectivity index (χ4v) is 5.64. The molecular formula is C14H13Ge. The number of rotatable bonds is 3. The molecule has 2 aromatic carbocycles. The summed E-state index contributed by atoms with van der Waals surface area (Å²) < 4.78 is 2.91. The van der Waals surface area contributed by atoms with E-state index in [1.54, 1.807) is 0 Å². The van der Waals surface area contributed by atoms with Crippen LogP contribution in [0.4, 0.5) is 0 Å². The van der Waals surface area contributed by atoms with Crippen LogP contribution in [0.5, 0.6) is 0 Å². The fraction of sp³-hybridized carbons (Fsp3) is 0. The Morgan fingerprint density at radius 3 is 1.47 bits per heavy atom. The van der Waals surface area contributed by atoms with Crippen LogP contribution in [0.1, 0.15) is 0 Å². The van der Waals surface area contributed by atoms with Crippen LogP contribution in [0.25, 0.3) is 0 Å². The van der Waals surface area contributed by atoms with Gasteiger partial charge in [0, 0.05) is 0 Å². The third-order valence-corrected chi connectivity index (χ3v) is 7.24. The molecule has 0 heterocycles. The first-order valence-corrected chi connectivity index (χ1v) is 8.33. The van der Waals surface area contributed by atoms with Crippen molar-refractivity contribution in [3.63, 3.8) is 0 Å². The van der Waals surface area contributed by atoms with Gasteiger partial charge in [0.2, 0.25) is 0 Å². The monoisotopic (exact) mass is 255 g/mol. The number of hydrogen-bond acceptors (Lipinski definition) is 0. The van der Waals surface area contributed by atoms with Crippen molar-refractivity contribution in [2.45, 2.75) is 0 Å². The molecule has 0 spiro atoms. The molecule has 0 N–H and O–H groups in total. The maximum absolute atomic E-state index is 3.99. The van der Waals surface area contributed by atoms with Crippen molar-refractivity contribution >= 4 is 23.1 Å². The Morgan fingerprint density at radius 2 is 1.13 bits per heavy atom. The SMILES string of the molecule is C=[CH][Ge]([c]1ccccc1)[c]1ccccc1. The predicted octanol–water partition coefficient (Wildman–Crippen LogP) is 2.02. The molecule has 0 nitrogen and oxygen atoms in total. The van der Waals surface area contributed by atoms with Gasteiger partial charge in [-0.3, -0.25) is 0 Å². The Bertz CT molecular complexity index is 380. The summed E-state index contributed by atoms with van der Waals surface area (Å²) in [6.45, 7) is 3.99. The molecule has 2 aromatic rings. The predicted molar refractivity (Wildman–Crippen MR) is 68.1 cm³/mol. The second kappa shape index (κ2) is 4.99. The molecule has 0 amide bonds. The molecule has 2 rings (SSSR count). The molecule has 1 heteroatoms. The maximum atomic E-state index is 3.99. The van der Waals surface area contributed by atoms with Gasteiger partial charge >= 0.3 is 95.3 Å². The average molecular weight is 254 g/mol. The van der Waals surface area contributed by atoms with E-state index in [-0.39, 0.29) is 0 Å². The zero-order valence-electron chi connectivity index (χ0n) is 8.56. The van der Waals surface area contributed by atoms with Crippen LogP contribution in [0, 0.1) is 0 Å². The van der Waals surface area contributed by atoms with Gasteiger partial charge in [-0.1, -0.05) is 0 Å². The van der Waals surface area contributed by atoms with Crippen molar-refractivity contribution in [1.29, 1.82) is 0 Å². The van der Waals surface area contributed by atoms with Crippen molar-refractivity contribution in [3.05, 3.63) is 72.2 Å². The zero-order valence-corrected chi connectivity index (χ0v) is 10.7. The third-order valence-electron chi connectivity index (χ3n) is 2.37. The summed E-state index contributed by atoms with van der Waals surface area (Å²) in [6.07, 6.45) is 0. The van der Waals surface area contributed by atoms with Crippen molar-refractivity contribution < 1.29 is 0 Å². The van der Waals surface area contributed by atoms with Gasteiger partial charge in [0.05, 0.1) is 0 Å². The van der Waals surface area contributed by atoms with E-state index in [4.69, 9.17) is 0 Å². The van der Waals surface area contributed by atoms with E-state index in [0.717, 1.165) is 0 Å². The van der Waals surface area contributed by atoms with Gasteiger partial charge < -0.3 is 0 Å². The Morgan fingerprint density at radius 1 is 0.733 bits per heavy atom. The molecule has 0 saturated carbocycles. The second-order valence-electron chi connectivity index (χ2n) is 3.35. The van der Waals surface area contributed by atoms with Crippen LogP contribution < -0.4 is 8.79 Å². The van der Waals surface area contributed by atoms with E-state index in [1.165, 1.54) is 8.79 Å². The first-order chi connectivity index (χ1) is 7.42. The number of benzene rings is 2. The summed E-state index contributed by atoms with van der Waals surface area (Å²) in [5.74, 6) is 0. The van der Waals surface area contributed by atoms with Crippen molar-refractivity contribution in [2.24, 2.45) is 0 Å². The van der Waals surface area contributed by atoms with E-state index in [1.807, 2.05) is 0 Å². The van der Waals surface area contributed by atoms with Gasteiger partial charge in [-0.15, -0.1) is 0 Å². The molecule has 0 atom stereocenters. The quantitative estimate of drug-likeness (QED) is 0.735. The molecular weight excluding hydrogens is 241 g/mol. The van der Waals surface area contributed by atoms with Gasteiger partial charge in [0.25, 0.3) is 0 Å². The topological polar surface area (TPSA) is 0 Å². The van der Waals surface area contributed by atoms with E-state index < -0.39 is 14.3 Å². The first kappa shape index (κ1) is 10.2. The van der Waals surface area contributed by atoms with Crippen LogP contribution in [0.2, 0.25) is 0 Å². The molecule has 0 aliphatic rings. The van der Waals surface area contributed by atoms with E-state index in [0.29, 0.717) is 0 Å².